The molecule has 446 valence electrons. The number of allylic oxidation sites excluding steroid dienone is 8. The van der Waals surface area contributed by atoms with E-state index in [0.29, 0.717) is 25.9 Å². The third kappa shape index (κ3) is 61.0. The van der Waals surface area contributed by atoms with Crippen molar-refractivity contribution >= 4 is 11.9 Å². The first-order chi connectivity index (χ1) is 37.5. The molecule has 3 N–H and O–H groups in total. The smallest absolute Gasteiger partial charge is 0.305 e. The molecule has 6 nitrogen and oxygen atoms in total. The minimum Gasteiger partial charge on any atom is -0.466 e. The molecule has 0 aliphatic heterocycles. The third-order valence-corrected chi connectivity index (χ3v) is 15.6. The Hall–Kier alpha value is -2.18. The molecule has 0 aromatic heterocycles. The van der Waals surface area contributed by atoms with Gasteiger partial charge in [-0.1, -0.05) is 306 Å². The van der Waals surface area contributed by atoms with E-state index in [1.165, 1.54) is 270 Å². The average Bonchev–Trinajstić information content (AvgIpc) is 3.42. The quantitative estimate of drug-likeness (QED) is 0.0320. The molecule has 1 amide bonds. The maximum atomic E-state index is 12.5. The van der Waals surface area contributed by atoms with Crippen molar-refractivity contribution in [3.8, 4) is 0 Å². The molecule has 0 aromatic carbocycles. The number of aliphatic hydroxyl groups excluding tert-OH is 2. The highest BCUT2D eigenvalue weighted by molar-refractivity contribution is 5.76. The molecule has 76 heavy (non-hydrogen) atoms. The summed E-state index contributed by atoms with van der Waals surface area (Å²) in [6, 6.07) is -0.548. The molecule has 0 aliphatic rings. The number of hydrogen-bond donors (Lipinski definition) is 3. The van der Waals surface area contributed by atoms with Crippen LogP contribution in [0.3, 0.4) is 0 Å². The first-order valence-corrected chi connectivity index (χ1v) is 33.9. The summed E-state index contributed by atoms with van der Waals surface area (Å²) in [6.07, 6.45) is 84.2. The molecular weight excluding hydrogens is 935 g/mol. The lowest BCUT2D eigenvalue weighted by molar-refractivity contribution is -0.143. The maximum Gasteiger partial charge on any atom is 0.305 e. The number of unbranched alkanes of at least 4 members (excludes halogenated alkanes) is 44. The lowest BCUT2D eigenvalue weighted by Gasteiger charge is -2.22. The fourth-order valence-electron chi connectivity index (χ4n) is 10.4. The van der Waals surface area contributed by atoms with Crippen LogP contribution in [0, 0.1) is 0 Å². The van der Waals surface area contributed by atoms with Gasteiger partial charge in [0.1, 0.15) is 0 Å². The lowest BCUT2D eigenvalue weighted by Crippen LogP contribution is -2.45. The Morgan fingerprint density at radius 1 is 0.368 bits per heavy atom. The number of amides is 1. The number of ether oxygens (including phenoxy) is 1. The second-order valence-electron chi connectivity index (χ2n) is 23.1. The van der Waals surface area contributed by atoms with Crippen molar-refractivity contribution in [2.45, 2.75) is 373 Å². The maximum absolute atomic E-state index is 12.5. The van der Waals surface area contributed by atoms with Crippen molar-refractivity contribution in [3.05, 3.63) is 48.6 Å². The number of esters is 1. The van der Waals surface area contributed by atoms with E-state index in [4.69, 9.17) is 4.74 Å². The summed E-state index contributed by atoms with van der Waals surface area (Å²) < 4.78 is 5.48. The highest BCUT2D eigenvalue weighted by Gasteiger charge is 2.20. The standard InChI is InChI=1S/C70H131NO5/c1-3-5-7-9-11-13-15-17-19-21-31-34-38-42-46-50-54-58-62-68(73)67(66-72)71-69(74)63-59-55-51-47-43-39-35-32-29-27-25-23-22-24-26-28-30-33-37-41-45-49-53-57-61-65-76-70(75)64-60-56-52-48-44-40-36-20-18-16-14-12-10-8-6-4-2/h14,16,20,23-26,36,67-68,72-73H,3-13,15,17-19,21-22,27-35,37-66H2,1-2H3,(H,71,74)/b16-14-,25-23-,26-24-,36-20-. The van der Waals surface area contributed by atoms with Gasteiger partial charge in [-0.05, 0) is 89.9 Å². The van der Waals surface area contributed by atoms with Gasteiger partial charge in [0, 0.05) is 12.8 Å². The van der Waals surface area contributed by atoms with Gasteiger partial charge in [0.25, 0.3) is 0 Å². The van der Waals surface area contributed by atoms with Crippen LogP contribution in [-0.2, 0) is 14.3 Å². The summed E-state index contributed by atoms with van der Waals surface area (Å²) in [6.45, 7) is 4.94. The van der Waals surface area contributed by atoms with Gasteiger partial charge in [0.15, 0.2) is 0 Å². The number of aliphatic hydroxyl groups is 2. The van der Waals surface area contributed by atoms with E-state index in [2.05, 4.69) is 67.8 Å². The normalized spacial score (nSPS) is 12.8. The van der Waals surface area contributed by atoms with Crippen LogP contribution in [0.2, 0.25) is 0 Å². The van der Waals surface area contributed by atoms with Crippen molar-refractivity contribution < 1.29 is 24.5 Å². The number of hydrogen-bond acceptors (Lipinski definition) is 5. The van der Waals surface area contributed by atoms with Crippen LogP contribution < -0.4 is 5.32 Å². The Balaban J connectivity index is 3.44. The summed E-state index contributed by atoms with van der Waals surface area (Å²) in [4.78, 5) is 24.6. The molecular formula is C70H131NO5. The second kappa shape index (κ2) is 65.3. The highest BCUT2D eigenvalue weighted by Crippen LogP contribution is 2.18. The predicted molar refractivity (Wildman–Crippen MR) is 333 cm³/mol. The Labute approximate surface area is 474 Å². The number of nitrogens with one attached hydrogen (secondary N) is 1. The van der Waals surface area contributed by atoms with Gasteiger partial charge in [-0.3, -0.25) is 9.59 Å². The van der Waals surface area contributed by atoms with Gasteiger partial charge < -0.3 is 20.3 Å². The zero-order valence-electron chi connectivity index (χ0n) is 51.0. The topological polar surface area (TPSA) is 95.9 Å². The molecule has 0 saturated heterocycles. The molecule has 0 fully saturated rings. The van der Waals surface area contributed by atoms with Crippen LogP contribution in [0.1, 0.15) is 361 Å². The summed E-state index contributed by atoms with van der Waals surface area (Å²) >= 11 is 0. The van der Waals surface area contributed by atoms with Crippen molar-refractivity contribution in [3.63, 3.8) is 0 Å². The molecule has 6 heteroatoms. The summed E-state index contributed by atoms with van der Waals surface area (Å²) in [7, 11) is 0. The first-order valence-electron chi connectivity index (χ1n) is 33.9. The Morgan fingerprint density at radius 2 is 0.658 bits per heavy atom. The molecule has 0 radical (unpaired) electrons. The van der Waals surface area contributed by atoms with E-state index in [1.807, 2.05) is 0 Å². The van der Waals surface area contributed by atoms with E-state index in [1.54, 1.807) is 0 Å². The number of carbonyl (C=O) groups is 2. The van der Waals surface area contributed by atoms with E-state index in [0.717, 1.165) is 57.8 Å². The average molecular weight is 1070 g/mol. The van der Waals surface area contributed by atoms with E-state index >= 15 is 0 Å². The first kappa shape index (κ1) is 73.8. The predicted octanol–water partition coefficient (Wildman–Crippen LogP) is 21.7. The van der Waals surface area contributed by atoms with Crippen molar-refractivity contribution in [2.24, 2.45) is 0 Å². The summed E-state index contributed by atoms with van der Waals surface area (Å²) in [5.74, 6) is -0.0433. The Bertz CT molecular complexity index is 1270. The van der Waals surface area contributed by atoms with Crippen molar-refractivity contribution in [1.82, 2.24) is 5.32 Å². The molecule has 0 bridgehead atoms. The largest absolute Gasteiger partial charge is 0.466 e. The number of rotatable bonds is 63. The van der Waals surface area contributed by atoms with Crippen LogP contribution in [0.4, 0.5) is 0 Å². The minimum atomic E-state index is -0.670. The van der Waals surface area contributed by atoms with Crippen LogP contribution >= 0.6 is 0 Å². The fourth-order valence-corrected chi connectivity index (χ4v) is 10.4. The minimum absolute atomic E-state index is 0.00437. The third-order valence-electron chi connectivity index (χ3n) is 15.6. The van der Waals surface area contributed by atoms with Gasteiger partial charge in [0.05, 0.1) is 25.4 Å². The zero-order chi connectivity index (χ0) is 55.0. The summed E-state index contributed by atoms with van der Waals surface area (Å²) in [5.41, 5.74) is 0. The van der Waals surface area contributed by atoms with Crippen LogP contribution in [0.25, 0.3) is 0 Å². The number of carbonyl (C=O) groups excluding carboxylic acids is 2. The van der Waals surface area contributed by atoms with Crippen LogP contribution in [0.15, 0.2) is 48.6 Å². The van der Waals surface area contributed by atoms with E-state index < -0.39 is 12.1 Å². The van der Waals surface area contributed by atoms with Crippen molar-refractivity contribution in [2.75, 3.05) is 13.2 Å². The molecule has 0 heterocycles. The molecule has 2 atom stereocenters. The SMILES string of the molecule is CCCCCC/C=C\C/C=C\CCCCCCCC(=O)OCCCCCCCCCCC/C=C\C/C=C\CCCCCCCCCCCC(=O)NC(CO)C(O)CCCCCCCCCCCCCCCCCCCC. The Morgan fingerprint density at radius 3 is 1.01 bits per heavy atom. The van der Waals surface area contributed by atoms with Crippen LogP contribution in [0.5, 0.6) is 0 Å². The zero-order valence-corrected chi connectivity index (χ0v) is 51.0. The highest BCUT2D eigenvalue weighted by atomic mass is 16.5. The Kier molecular flexibility index (Phi) is 63.5. The lowest BCUT2D eigenvalue weighted by atomic mass is 10.0. The van der Waals surface area contributed by atoms with Gasteiger partial charge in [-0.15, -0.1) is 0 Å². The van der Waals surface area contributed by atoms with Crippen LogP contribution in [-0.4, -0.2) is 47.4 Å². The monoisotopic (exact) mass is 1070 g/mol. The van der Waals surface area contributed by atoms with Gasteiger partial charge in [0.2, 0.25) is 5.91 Å². The van der Waals surface area contributed by atoms with E-state index in [-0.39, 0.29) is 18.5 Å². The van der Waals surface area contributed by atoms with Crippen molar-refractivity contribution in [1.29, 1.82) is 0 Å². The molecule has 0 aromatic rings. The fraction of sp³-hybridized carbons (Fsp3) is 0.857. The van der Waals surface area contributed by atoms with Gasteiger partial charge >= 0.3 is 5.97 Å². The second-order valence-corrected chi connectivity index (χ2v) is 23.1. The molecule has 0 spiro atoms. The van der Waals surface area contributed by atoms with E-state index in [9.17, 15) is 19.8 Å². The molecule has 2 unspecified atom stereocenters. The molecule has 0 rings (SSSR count). The van der Waals surface area contributed by atoms with Gasteiger partial charge in [-0.2, -0.15) is 0 Å². The summed E-state index contributed by atoms with van der Waals surface area (Å²) in [5, 5.41) is 23.4. The molecule has 0 saturated carbocycles. The molecule has 0 aliphatic carbocycles. The van der Waals surface area contributed by atoms with Gasteiger partial charge in [-0.25, -0.2) is 0 Å².